The monoisotopic (exact) mass is 538 g/mol. The minimum Gasteiger partial charge on any atom is -0.461 e. The van der Waals surface area contributed by atoms with Gasteiger partial charge in [0.15, 0.2) is 17.5 Å². The number of esters is 2. The predicted octanol–water partition coefficient (Wildman–Crippen LogP) is 4.41. The molecule has 0 heterocycles. The summed E-state index contributed by atoms with van der Waals surface area (Å²) in [6.45, 7) is 11.0. The zero-order valence-electron chi connectivity index (χ0n) is 23.8. The Morgan fingerprint density at radius 1 is 1.18 bits per heavy atom. The van der Waals surface area contributed by atoms with E-state index in [1.807, 2.05) is 19.1 Å². The molecule has 39 heavy (non-hydrogen) atoms. The van der Waals surface area contributed by atoms with Crippen LogP contribution in [0.15, 0.2) is 59.8 Å². The van der Waals surface area contributed by atoms with Crippen LogP contribution in [-0.4, -0.2) is 52.4 Å². The molecule has 2 bridgehead atoms. The number of Topliss-reactive ketones (excluding diaryl/α,β-unsaturated/α-hetero) is 1. The summed E-state index contributed by atoms with van der Waals surface area (Å²) in [7, 11) is 0. The largest absolute Gasteiger partial charge is 0.461 e. The van der Waals surface area contributed by atoms with Crippen LogP contribution in [0.5, 0.6) is 0 Å². The number of aliphatic hydroxyl groups excluding tert-OH is 1. The van der Waals surface area contributed by atoms with E-state index in [-0.39, 0.29) is 35.6 Å². The molecular formula is C32H42O7. The highest BCUT2D eigenvalue weighted by Crippen LogP contribution is 2.71. The third kappa shape index (κ3) is 4.67. The van der Waals surface area contributed by atoms with Crippen LogP contribution in [-0.2, 0) is 23.9 Å². The molecule has 7 nitrogen and oxygen atoms in total. The van der Waals surface area contributed by atoms with Crippen LogP contribution in [0, 0.1) is 34.5 Å². The van der Waals surface area contributed by atoms with Gasteiger partial charge < -0.3 is 19.7 Å². The number of carbonyl (C=O) groups is 3. The van der Waals surface area contributed by atoms with Gasteiger partial charge in [-0.25, -0.2) is 4.79 Å². The maximum Gasteiger partial charge on any atom is 0.331 e. The molecular weight excluding hydrogens is 496 g/mol. The third-order valence-corrected chi connectivity index (χ3v) is 9.55. The number of ketones is 1. The summed E-state index contributed by atoms with van der Waals surface area (Å²) < 4.78 is 11.2. The van der Waals surface area contributed by atoms with E-state index in [9.17, 15) is 24.6 Å². The average Bonchev–Trinajstić information content (AvgIpc) is 3.38. The molecule has 0 radical (unpaired) electrons. The first kappa shape index (κ1) is 29.2. The van der Waals surface area contributed by atoms with Crippen LogP contribution in [0.25, 0.3) is 0 Å². The quantitative estimate of drug-likeness (QED) is 0.204. The first-order chi connectivity index (χ1) is 18.3. The number of ether oxygens (including phenoxy) is 2. The topological polar surface area (TPSA) is 110 Å². The molecule has 0 amide bonds. The average molecular weight is 539 g/mol. The van der Waals surface area contributed by atoms with Gasteiger partial charge in [-0.3, -0.25) is 9.59 Å². The molecule has 1 spiro atoms. The van der Waals surface area contributed by atoms with Gasteiger partial charge in [0.05, 0.1) is 5.41 Å². The van der Waals surface area contributed by atoms with E-state index in [0.717, 1.165) is 12.8 Å². The van der Waals surface area contributed by atoms with E-state index in [4.69, 9.17) is 9.47 Å². The van der Waals surface area contributed by atoms with Crippen molar-refractivity contribution in [2.75, 3.05) is 6.61 Å². The van der Waals surface area contributed by atoms with Gasteiger partial charge in [-0.2, -0.15) is 0 Å². The Morgan fingerprint density at radius 2 is 1.87 bits per heavy atom. The zero-order valence-corrected chi connectivity index (χ0v) is 23.8. The summed E-state index contributed by atoms with van der Waals surface area (Å²) in [6, 6.07) is 0. The van der Waals surface area contributed by atoms with E-state index in [0.29, 0.717) is 17.6 Å². The van der Waals surface area contributed by atoms with E-state index in [2.05, 4.69) is 20.8 Å². The lowest BCUT2D eigenvalue weighted by Gasteiger charge is -2.49. The van der Waals surface area contributed by atoms with Crippen LogP contribution in [0.1, 0.15) is 60.8 Å². The normalized spacial score (nSPS) is 38.6. The number of hydrogen-bond donors (Lipinski definition) is 2. The number of aliphatic hydroxyl groups is 2. The SMILES string of the molecule is CCCC=CC=CC=CC(=O)OC1C(COC(C)=O)=CC2C(=O)C3(C=C(C)C(O)C13O)C(C)CC1C2C1(C)C. The van der Waals surface area contributed by atoms with Gasteiger partial charge >= 0.3 is 11.9 Å². The zero-order chi connectivity index (χ0) is 28.8. The lowest BCUT2D eigenvalue weighted by atomic mass is 9.59. The van der Waals surface area contributed by atoms with Crippen molar-refractivity contribution in [2.45, 2.75) is 78.6 Å². The fourth-order valence-electron chi connectivity index (χ4n) is 7.50. The Kier molecular flexibility index (Phi) is 7.99. The standard InChI is InChI=1S/C32H42O7/c1-7-8-9-10-11-12-13-14-25(34)39-29-22(18-38-21(4)33)16-23-26-24(30(26,5)6)15-20(3)31(28(23)36)17-19(2)27(35)32(29,31)37/h9-14,16-17,20,23-24,26-27,29,35,37H,7-8,15,18H2,1-6H3. The highest BCUT2D eigenvalue weighted by atomic mass is 16.6. The van der Waals surface area contributed by atoms with Gasteiger partial charge in [0, 0.05) is 24.5 Å². The summed E-state index contributed by atoms with van der Waals surface area (Å²) in [4.78, 5) is 39.3. The number of unbranched alkanes of at least 4 members (excludes halogenated alkanes) is 1. The molecule has 0 aliphatic heterocycles. The van der Waals surface area contributed by atoms with Gasteiger partial charge in [-0.1, -0.05) is 76.6 Å². The van der Waals surface area contributed by atoms with Crippen LogP contribution in [0.4, 0.5) is 0 Å². The molecule has 0 aromatic carbocycles. The highest BCUT2D eigenvalue weighted by Gasteiger charge is 2.76. The van der Waals surface area contributed by atoms with Crippen LogP contribution in [0.2, 0.25) is 0 Å². The van der Waals surface area contributed by atoms with Crippen LogP contribution >= 0.6 is 0 Å². The molecule has 4 rings (SSSR count). The molecule has 7 heteroatoms. The Morgan fingerprint density at radius 3 is 2.54 bits per heavy atom. The first-order valence-corrected chi connectivity index (χ1v) is 14.0. The van der Waals surface area contributed by atoms with E-state index < -0.39 is 41.1 Å². The molecule has 2 fully saturated rings. The summed E-state index contributed by atoms with van der Waals surface area (Å²) in [5.74, 6) is -2.05. The number of allylic oxidation sites excluding steroid dienone is 6. The lowest BCUT2D eigenvalue weighted by molar-refractivity contribution is -0.202. The lowest BCUT2D eigenvalue weighted by Crippen LogP contribution is -2.66. The molecule has 212 valence electrons. The van der Waals surface area contributed by atoms with Crippen molar-refractivity contribution in [1.82, 2.24) is 0 Å². The second-order valence-electron chi connectivity index (χ2n) is 12.3. The van der Waals surface area contributed by atoms with E-state index in [1.165, 1.54) is 19.1 Å². The Hall–Kier alpha value is -2.77. The predicted molar refractivity (Wildman–Crippen MR) is 147 cm³/mol. The molecule has 4 aliphatic carbocycles. The number of hydrogen-bond acceptors (Lipinski definition) is 7. The number of carbonyl (C=O) groups excluding carboxylic acids is 3. The maximum atomic E-state index is 14.5. The molecule has 2 saturated carbocycles. The van der Waals surface area contributed by atoms with Gasteiger partial charge in [0.2, 0.25) is 0 Å². The molecule has 8 unspecified atom stereocenters. The molecule has 8 atom stereocenters. The van der Waals surface area contributed by atoms with Crippen LogP contribution < -0.4 is 0 Å². The number of fused-ring (bicyclic) bond motifs is 3. The van der Waals surface area contributed by atoms with E-state index >= 15 is 0 Å². The van der Waals surface area contributed by atoms with Crippen molar-refractivity contribution in [3.05, 3.63) is 59.8 Å². The van der Waals surface area contributed by atoms with Crippen LogP contribution in [0.3, 0.4) is 0 Å². The molecule has 0 aromatic rings. The van der Waals surface area contributed by atoms with Crippen molar-refractivity contribution >= 4 is 17.7 Å². The van der Waals surface area contributed by atoms with Crippen molar-refractivity contribution in [1.29, 1.82) is 0 Å². The minimum absolute atomic E-state index is 0.0371. The summed E-state index contributed by atoms with van der Waals surface area (Å²) in [5, 5.41) is 24.0. The maximum absolute atomic E-state index is 14.5. The fraction of sp³-hybridized carbons (Fsp3) is 0.594. The minimum atomic E-state index is -2.16. The summed E-state index contributed by atoms with van der Waals surface area (Å²) >= 11 is 0. The fourth-order valence-corrected chi connectivity index (χ4v) is 7.50. The summed E-state index contributed by atoms with van der Waals surface area (Å²) in [5.41, 5.74) is -2.93. The van der Waals surface area contributed by atoms with Gasteiger partial charge in [-0.15, -0.1) is 0 Å². The van der Waals surface area contributed by atoms with Crippen molar-refractivity contribution in [3.63, 3.8) is 0 Å². The molecule has 2 N–H and O–H groups in total. The van der Waals surface area contributed by atoms with E-state index in [1.54, 1.807) is 31.2 Å². The van der Waals surface area contributed by atoms with Gasteiger partial charge in [-0.05, 0) is 48.5 Å². The van der Waals surface area contributed by atoms with Crippen molar-refractivity contribution in [2.24, 2.45) is 34.5 Å². The highest BCUT2D eigenvalue weighted by molar-refractivity contribution is 5.95. The van der Waals surface area contributed by atoms with Gasteiger partial charge in [0.1, 0.15) is 12.7 Å². The number of rotatable bonds is 8. The van der Waals surface area contributed by atoms with Gasteiger partial charge in [0.25, 0.3) is 0 Å². The Balaban J connectivity index is 1.78. The third-order valence-electron chi connectivity index (χ3n) is 9.55. The molecule has 0 aromatic heterocycles. The summed E-state index contributed by atoms with van der Waals surface area (Å²) in [6.07, 6.45) is 13.5. The van der Waals surface area contributed by atoms with Crippen molar-refractivity contribution < 1.29 is 34.1 Å². The molecule has 4 aliphatic rings. The second kappa shape index (κ2) is 10.7. The molecule has 0 saturated heterocycles. The Labute approximate surface area is 231 Å². The smallest absolute Gasteiger partial charge is 0.331 e. The first-order valence-electron chi connectivity index (χ1n) is 14.0. The van der Waals surface area contributed by atoms with Crippen molar-refractivity contribution in [3.8, 4) is 0 Å². The Bertz CT molecular complexity index is 1170. The second-order valence-corrected chi connectivity index (χ2v) is 12.3.